The van der Waals surface area contributed by atoms with Crippen molar-refractivity contribution >= 4 is 47.0 Å². The molecule has 2 amide bonds. The summed E-state index contributed by atoms with van der Waals surface area (Å²) in [4.78, 5) is 44.1. The fraction of sp³-hybridized carbons (Fsp3) is 0.467. The zero-order chi connectivity index (χ0) is 31.3. The van der Waals surface area contributed by atoms with Gasteiger partial charge in [0.25, 0.3) is 11.8 Å². The zero-order valence-electron chi connectivity index (χ0n) is 26.9. The van der Waals surface area contributed by atoms with Gasteiger partial charge in [-0.2, -0.15) is 0 Å². The molecular formula is C30H39Cl2N2Na3O9. The molecule has 0 bridgehead atoms. The third-order valence-corrected chi connectivity index (χ3v) is 6.56. The number of nitrogens with one attached hydrogen (secondary N) is 2. The topological polar surface area (TPSA) is 209 Å². The Morgan fingerprint density at radius 2 is 1.07 bits per heavy atom. The van der Waals surface area contributed by atoms with E-state index in [0.29, 0.717) is 36.0 Å². The SMILES string of the molecule is O=C(O)CCCCCCCNC(=O)c1cc(Cl)ccc1O.O=C([O-])CCCCCCCNC(=O)c1cc(Cl)ccc1[O-].[Na+].[Na+].[Na+].[OH-]. The Morgan fingerprint density at radius 3 is 1.57 bits per heavy atom. The number of carboxylic acid groups (broad SMARTS) is 2. The van der Waals surface area contributed by atoms with Gasteiger partial charge in [0.15, 0.2) is 0 Å². The standard InChI is InChI=1S/2C15H20ClNO4.3Na.H2O/c2*16-11-7-8-13(18)12(10-11)15(21)17-9-5-3-1-2-4-6-14(19)20;;;;/h2*7-8,10,18H,1-6,9H2,(H,17,21)(H,19,20);;;;1H2/q;;3*+1;/p-3. The summed E-state index contributed by atoms with van der Waals surface area (Å²) in [6.07, 6.45) is 8.63. The Hall–Kier alpha value is -0.540. The molecule has 46 heavy (non-hydrogen) atoms. The second-order valence-corrected chi connectivity index (χ2v) is 10.5. The van der Waals surface area contributed by atoms with Crippen LogP contribution in [0.25, 0.3) is 0 Å². The van der Waals surface area contributed by atoms with Gasteiger partial charge in [-0.05, 0) is 62.4 Å². The van der Waals surface area contributed by atoms with E-state index < -0.39 is 17.8 Å². The number of hydrogen-bond donors (Lipinski definition) is 4. The monoisotopic (exact) mass is 710 g/mol. The molecule has 0 spiro atoms. The van der Waals surface area contributed by atoms with Crippen molar-refractivity contribution in [3.63, 3.8) is 0 Å². The first kappa shape index (κ1) is 52.3. The normalized spacial score (nSPS) is 9.43. The summed E-state index contributed by atoms with van der Waals surface area (Å²) < 4.78 is 0. The van der Waals surface area contributed by atoms with Crippen LogP contribution in [0.3, 0.4) is 0 Å². The maximum Gasteiger partial charge on any atom is 1.00 e. The molecule has 0 saturated heterocycles. The number of rotatable bonds is 18. The molecule has 0 fully saturated rings. The molecule has 0 heterocycles. The number of benzene rings is 2. The molecule has 0 aliphatic carbocycles. The van der Waals surface area contributed by atoms with Crippen LogP contribution in [0.15, 0.2) is 36.4 Å². The number of phenolic OH excluding ortho intramolecular Hbond substituents is 1. The number of carbonyl (C=O) groups excluding carboxylic acids is 3. The third-order valence-electron chi connectivity index (χ3n) is 6.09. The number of amides is 2. The minimum Gasteiger partial charge on any atom is -0.872 e. The molecule has 0 unspecified atom stereocenters. The predicted molar refractivity (Wildman–Crippen MR) is 159 cm³/mol. The summed E-state index contributed by atoms with van der Waals surface area (Å²) in [5, 5.41) is 45.9. The molecule has 0 aromatic heterocycles. The molecule has 11 nitrogen and oxygen atoms in total. The van der Waals surface area contributed by atoms with Crippen molar-refractivity contribution in [2.75, 3.05) is 13.1 Å². The average Bonchev–Trinajstić information content (AvgIpc) is 2.94. The van der Waals surface area contributed by atoms with E-state index in [1.165, 1.54) is 36.4 Å². The molecule has 2 aromatic rings. The predicted octanol–water partition coefficient (Wildman–Crippen LogP) is -4.73. The largest absolute Gasteiger partial charge is 1.00 e. The average molecular weight is 712 g/mol. The molecule has 5 N–H and O–H groups in total. The first-order chi connectivity index (χ1) is 20.0. The van der Waals surface area contributed by atoms with Gasteiger partial charge in [0, 0.05) is 41.1 Å². The number of aromatic hydroxyl groups is 1. The Morgan fingerprint density at radius 1 is 0.652 bits per heavy atom. The van der Waals surface area contributed by atoms with Gasteiger partial charge >= 0.3 is 94.6 Å². The maximum absolute atomic E-state index is 11.8. The summed E-state index contributed by atoms with van der Waals surface area (Å²) >= 11 is 11.5. The van der Waals surface area contributed by atoms with Crippen molar-refractivity contribution < 1.29 is 134 Å². The van der Waals surface area contributed by atoms with E-state index in [0.717, 1.165) is 51.4 Å². The van der Waals surface area contributed by atoms with Gasteiger partial charge in [-0.25, -0.2) is 0 Å². The Balaban J connectivity index is -0.000000353. The third kappa shape index (κ3) is 25.5. The van der Waals surface area contributed by atoms with Crippen LogP contribution < -0.4 is 110 Å². The van der Waals surface area contributed by atoms with E-state index in [9.17, 15) is 34.5 Å². The molecule has 16 heteroatoms. The molecule has 2 aromatic carbocycles. The summed E-state index contributed by atoms with van der Waals surface area (Å²) in [5.74, 6) is -2.98. The van der Waals surface area contributed by atoms with E-state index in [-0.39, 0.29) is 136 Å². The number of hydrogen-bond acceptors (Lipinski definition) is 8. The maximum atomic E-state index is 11.8. The van der Waals surface area contributed by atoms with Crippen LogP contribution in [0.2, 0.25) is 10.0 Å². The van der Waals surface area contributed by atoms with Crippen LogP contribution in [0.1, 0.15) is 97.8 Å². The molecule has 0 radical (unpaired) electrons. The van der Waals surface area contributed by atoms with E-state index in [2.05, 4.69) is 10.6 Å². The van der Waals surface area contributed by atoms with Crippen LogP contribution in [0.5, 0.6) is 11.5 Å². The second kappa shape index (κ2) is 31.7. The van der Waals surface area contributed by atoms with Crippen molar-refractivity contribution in [1.82, 2.24) is 10.6 Å². The number of aliphatic carboxylic acids is 2. The van der Waals surface area contributed by atoms with Gasteiger partial charge in [0.1, 0.15) is 5.75 Å². The molecule has 0 atom stereocenters. The number of carbonyl (C=O) groups is 4. The molecule has 0 aliphatic rings. The number of phenols is 1. The van der Waals surface area contributed by atoms with Gasteiger partial charge in [-0.15, -0.1) is 0 Å². The molecule has 2 rings (SSSR count). The number of carboxylic acids is 2. The van der Waals surface area contributed by atoms with Crippen LogP contribution in [-0.2, 0) is 9.59 Å². The summed E-state index contributed by atoms with van der Waals surface area (Å²) in [6, 6.07) is 8.42. The van der Waals surface area contributed by atoms with E-state index >= 15 is 0 Å². The van der Waals surface area contributed by atoms with Gasteiger partial charge < -0.3 is 41.3 Å². The zero-order valence-corrected chi connectivity index (χ0v) is 34.4. The van der Waals surface area contributed by atoms with Crippen LogP contribution >= 0.6 is 23.2 Å². The molecule has 0 saturated carbocycles. The molecular weight excluding hydrogens is 672 g/mol. The van der Waals surface area contributed by atoms with Gasteiger partial charge in [0.05, 0.1) is 5.56 Å². The van der Waals surface area contributed by atoms with Crippen LogP contribution in [0, 0.1) is 0 Å². The van der Waals surface area contributed by atoms with E-state index in [1.54, 1.807) is 0 Å². The Kier molecular flexibility index (Phi) is 36.0. The van der Waals surface area contributed by atoms with Gasteiger partial charge in [-0.3, -0.25) is 14.4 Å². The van der Waals surface area contributed by atoms with Crippen molar-refractivity contribution in [2.24, 2.45) is 0 Å². The van der Waals surface area contributed by atoms with E-state index in [4.69, 9.17) is 28.3 Å². The first-order valence-corrected chi connectivity index (χ1v) is 14.7. The summed E-state index contributed by atoms with van der Waals surface area (Å²) in [5.41, 5.74) is 0.223. The smallest absolute Gasteiger partial charge is 0.872 e. The van der Waals surface area contributed by atoms with Crippen LogP contribution in [0.4, 0.5) is 0 Å². The molecule has 240 valence electrons. The van der Waals surface area contributed by atoms with Crippen LogP contribution in [-0.4, -0.2) is 52.5 Å². The fourth-order valence-electron chi connectivity index (χ4n) is 3.82. The van der Waals surface area contributed by atoms with Gasteiger partial charge in [-0.1, -0.05) is 73.5 Å². The summed E-state index contributed by atoms with van der Waals surface area (Å²) in [6.45, 7) is 0.995. The fourth-order valence-corrected chi connectivity index (χ4v) is 4.16. The Bertz CT molecular complexity index is 1090. The van der Waals surface area contributed by atoms with Crippen molar-refractivity contribution in [3.05, 3.63) is 57.6 Å². The van der Waals surface area contributed by atoms with Crippen molar-refractivity contribution in [2.45, 2.75) is 77.0 Å². The minimum absolute atomic E-state index is 0. The number of halogens is 2. The first-order valence-electron chi connectivity index (χ1n) is 13.9. The van der Waals surface area contributed by atoms with Crippen molar-refractivity contribution in [1.29, 1.82) is 0 Å². The van der Waals surface area contributed by atoms with E-state index in [1.807, 2.05) is 0 Å². The quantitative estimate of drug-likeness (QED) is 0.0864. The Labute approximate surface area is 346 Å². The number of unbranched alkanes of at least 4 members (excludes halogenated alkanes) is 8. The molecule has 0 aliphatic heterocycles. The van der Waals surface area contributed by atoms with Crippen molar-refractivity contribution in [3.8, 4) is 11.5 Å². The second-order valence-electron chi connectivity index (χ2n) is 9.62. The van der Waals surface area contributed by atoms with Gasteiger partial charge in [0.2, 0.25) is 0 Å². The minimum atomic E-state index is -1.02. The summed E-state index contributed by atoms with van der Waals surface area (Å²) in [7, 11) is 0.